The molecule has 2 saturated heterocycles. The summed E-state index contributed by atoms with van der Waals surface area (Å²) in [6.45, 7) is 12.1. The van der Waals surface area contributed by atoms with Gasteiger partial charge in [-0.2, -0.15) is 0 Å². The molecule has 1 amide bonds. The fraction of sp³-hybridized carbons (Fsp3) is 0.882. The third-order valence-corrected chi connectivity index (χ3v) is 4.54. The van der Waals surface area contributed by atoms with Crippen LogP contribution in [0.25, 0.3) is 0 Å². The molecule has 2 heterocycles. The van der Waals surface area contributed by atoms with Gasteiger partial charge in [0.15, 0.2) is 0 Å². The van der Waals surface area contributed by atoms with Crippen molar-refractivity contribution in [2.45, 2.75) is 52.6 Å². The number of carbonyl (C=O) groups is 2. The summed E-state index contributed by atoms with van der Waals surface area (Å²) in [4.78, 5) is 27.9. The van der Waals surface area contributed by atoms with Crippen molar-refractivity contribution in [3.8, 4) is 0 Å². The number of carbonyl (C=O) groups excluding carboxylic acids is 2. The first-order valence-electron chi connectivity index (χ1n) is 8.47. The van der Waals surface area contributed by atoms with E-state index in [9.17, 15) is 9.59 Å². The zero-order valence-electron chi connectivity index (χ0n) is 14.4. The van der Waals surface area contributed by atoms with E-state index in [0.29, 0.717) is 18.1 Å². The molecule has 0 saturated carbocycles. The number of nitrogens with zero attached hydrogens (tertiary/aromatic N) is 2. The van der Waals surface area contributed by atoms with Crippen molar-refractivity contribution >= 4 is 11.9 Å². The maximum Gasteiger partial charge on any atom is 0.410 e. The van der Waals surface area contributed by atoms with E-state index in [1.807, 2.05) is 32.6 Å². The van der Waals surface area contributed by atoms with Gasteiger partial charge in [-0.3, -0.25) is 4.79 Å². The number of amides is 1. The SMILES string of the molecule is CC1CN(CC2CCN(C(=O)OC(C)(C)C)CC2)CCC1=O. The monoisotopic (exact) mass is 310 g/mol. The Labute approximate surface area is 134 Å². The molecular weight excluding hydrogens is 280 g/mol. The topological polar surface area (TPSA) is 49.9 Å². The van der Waals surface area contributed by atoms with E-state index in [-0.39, 0.29) is 12.0 Å². The van der Waals surface area contributed by atoms with Crippen LogP contribution in [0.1, 0.15) is 47.0 Å². The Hall–Kier alpha value is -1.10. The maximum absolute atomic E-state index is 12.0. The molecule has 0 aromatic carbocycles. The molecule has 0 aromatic rings. The zero-order valence-corrected chi connectivity index (χ0v) is 14.4. The van der Waals surface area contributed by atoms with Gasteiger partial charge in [-0.1, -0.05) is 6.92 Å². The second-order valence-electron chi connectivity index (χ2n) is 7.79. The van der Waals surface area contributed by atoms with E-state index in [2.05, 4.69) is 4.90 Å². The molecule has 0 aromatic heterocycles. The molecule has 0 bridgehead atoms. The molecule has 5 nitrogen and oxygen atoms in total. The fourth-order valence-electron chi connectivity index (χ4n) is 3.25. The van der Waals surface area contributed by atoms with Crippen molar-refractivity contribution < 1.29 is 14.3 Å². The van der Waals surface area contributed by atoms with Crippen LogP contribution in [0.15, 0.2) is 0 Å². The number of Topliss-reactive ketones (excluding diaryl/α,β-unsaturated/α-hetero) is 1. The minimum Gasteiger partial charge on any atom is -0.444 e. The quantitative estimate of drug-likeness (QED) is 0.786. The number of rotatable bonds is 2. The lowest BCUT2D eigenvalue weighted by Crippen LogP contribution is -2.46. The van der Waals surface area contributed by atoms with Crippen LogP contribution >= 0.6 is 0 Å². The second-order valence-corrected chi connectivity index (χ2v) is 7.79. The van der Waals surface area contributed by atoms with Crippen molar-refractivity contribution in [2.75, 3.05) is 32.7 Å². The standard InChI is InChI=1S/C17H30N2O3/c1-13-11-18(8-7-15(13)20)12-14-5-9-19(10-6-14)16(21)22-17(2,3)4/h13-14H,5-12H2,1-4H3. The van der Waals surface area contributed by atoms with Crippen LogP contribution in [-0.4, -0.2) is 60.0 Å². The molecule has 2 rings (SSSR count). The maximum atomic E-state index is 12.0. The van der Waals surface area contributed by atoms with Gasteiger partial charge in [0, 0.05) is 45.1 Å². The van der Waals surface area contributed by atoms with E-state index in [0.717, 1.165) is 45.6 Å². The summed E-state index contributed by atoms with van der Waals surface area (Å²) in [6.07, 6.45) is 2.55. The predicted molar refractivity (Wildman–Crippen MR) is 85.8 cm³/mol. The Balaban J connectivity index is 1.73. The smallest absolute Gasteiger partial charge is 0.410 e. The third kappa shape index (κ3) is 4.97. The number of ether oxygens (including phenoxy) is 1. The Morgan fingerprint density at radius 3 is 2.41 bits per heavy atom. The molecule has 22 heavy (non-hydrogen) atoms. The van der Waals surface area contributed by atoms with Crippen LogP contribution in [0.5, 0.6) is 0 Å². The molecule has 2 aliphatic heterocycles. The average molecular weight is 310 g/mol. The normalized spacial score (nSPS) is 25.4. The molecule has 0 aliphatic carbocycles. The highest BCUT2D eigenvalue weighted by Crippen LogP contribution is 2.22. The van der Waals surface area contributed by atoms with Gasteiger partial charge in [0.2, 0.25) is 0 Å². The van der Waals surface area contributed by atoms with E-state index in [1.165, 1.54) is 0 Å². The summed E-state index contributed by atoms with van der Waals surface area (Å²) < 4.78 is 5.43. The van der Waals surface area contributed by atoms with Gasteiger partial charge in [0.1, 0.15) is 11.4 Å². The van der Waals surface area contributed by atoms with Gasteiger partial charge in [0.25, 0.3) is 0 Å². The predicted octanol–water partition coefficient (Wildman–Crippen LogP) is 2.54. The van der Waals surface area contributed by atoms with Gasteiger partial charge in [0.05, 0.1) is 0 Å². The summed E-state index contributed by atoms with van der Waals surface area (Å²) >= 11 is 0. The molecule has 0 radical (unpaired) electrons. The van der Waals surface area contributed by atoms with Crippen molar-refractivity contribution in [2.24, 2.45) is 11.8 Å². The first kappa shape index (κ1) is 17.3. The molecule has 2 fully saturated rings. The second kappa shape index (κ2) is 6.99. The van der Waals surface area contributed by atoms with Gasteiger partial charge >= 0.3 is 6.09 Å². The van der Waals surface area contributed by atoms with Crippen LogP contribution in [0.2, 0.25) is 0 Å². The molecule has 0 N–H and O–H groups in total. The molecular formula is C17H30N2O3. The first-order chi connectivity index (χ1) is 10.2. The van der Waals surface area contributed by atoms with E-state index in [1.54, 1.807) is 0 Å². The van der Waals surface area contributed by atoms with Crippen LogP contribution < -0.4 is 0 Å². The molecule has 5 heteroatoms. The summed E-state index contributed by atoms with van der Waals surface area (Å²) in [5.74, 6) is 1.20. The highest BCUT2D eigenvalue weighted by Gasteiger charge is 2.29. The third-order valence-electron chi connectivity index (χ3n) is 4.54. The summed E-state index contributed by atoms with van der Waals surface area (Å²) in [6, 6.07) is 0. The lowest BCUT2D eigenvalue weighted by molar-refractivity contribution is -0.125. The van der Waals surface area contributed by atoms with E-state index in [4.69, 9.17) is 4.74 Å². The van der Waals surface area contributed by atoms with Gasteiger partial charge in [-0.25, -0.2) is 4.79 Å². The summed E-state index contributed by atoms with van der Waals surface area (Å²) in [7, 11) is 0. The van der Waals surface area contributed by atoms with Gasteiger partial charge in [-0.05, 0) is 39.5 Å². The van der Waals surface area contributed by atoms with Crippen LogP contribution in [-0.2, 0) is 9.53 Å². The molecule has 126 valence electrons. The number of ketones is 1. The van der Waals surface area contributed by atoms with Crippen molar-refractivity contribution in [1.82, 2.24) is 9.80 Å². The highest BCUT2D eigenvalue weighted by atomic mass is 16.6. The molecule has 1 unspecified atom stereocenters. The molecule has 1 atom stereocenters. The molecule has 2 aliphatic rings. The minimum absolute atomic E-state index is 0.176. The van der Waals surface area contributed by atoms with Crippen LogP contribution in [0.4, 0.5) is 4.79 Å². The highest BCUT2D eigenvalue weighted by molar-refractivity contribution is 5.81. The number of hydrogen-bond acceptors (Lipinski definition) is 4. The van der Waals surface area contributed by atoms with Crippen molar-refractivity contribution in [3.05, 3.63) is 0 Å². The summed E-state index contributed by atoms with van der Waals surface area (Å²) in [5.41, 5.74) is -0.426. The fourth-order valence-corrected chi connectivity index (χ4v) is 3.25. The Morgan fingerprint density at radius 1 is 1.23 bits per heavy atom. The average Bonchev–Trinajstić information content (AvgIpc) is 2.42. The lowest BCUT2D eigenvalue weighted by Gasteiger charge is -2.37. The largest absolute Gasteiger partial charge is 0.444 e. The van der Waals surface area contributed by atoms with Crippen molar-refractivity contribution in [3.63, 3.8) is 0 Å². The first-order valence-corrected chi connectivity index (χ1v) is 8.47. The number of likely N-dealkylation sites (tertiary alicyclic amines) is 2. The Bertz CT molecular complexity index is 409. The van der Waals surface area contributed by atoms with Crippen LogP contribution in [0.3, 0.4) is 0 Å². The van der Waals surface area contributed by atoms with E-state index >= 15 is 0 Å². The number of piperidine rings is 2. The Kier molecular flexibility index (Phi) is 5.48. The minimum atomic E-state index is -0.426. The molecule has 0 spiro atoms. The van der Waals surface area contributed by atoms with Crippen LogP contribution in [0, 0.1) is 11.8 Å². The Morgan fingerprint density at radius 2 is 1.86 bits per heavy atom. The lowest BCUT2D eigenvalue weighted by atomic mass is 9.93. The number of hydrogen-bond donors (Lipinski definition) is 0. The summed E-state index contributed by atoms with van der Waals surface area (Å²) in [5, 5.41) is 0. The van der Waals surface area contributed by atoms with Crippen molar-refractivity contribution in [1.29, 1.82) is 0 Å². The van der Waals surface area contributed by atoms with Gasteiger partial charge < -0.3 is 14.5 Å². The zero-order chi connectivity index (χ0) is 16.3. The van der Waals surface area contributed by atoms with E-state index < -0.39 is 5.60 Å². The van der Waals surface area contributed by atoms with Gasteiger partial charge in [-0.15, -0.1) is 0 Å².